The van der Waals surface area contributed by atoms with Gasteiger partial charge in [-0.3, -0.25) is 10.1 Å². The normalized spacial score (nSPS) is 9.83. The number of nitrogens with zero attached hydrogens (tertiary/aromatic N) is 1. The lowest BCUT2D eigenvalue weighted by atomic mass is 10.2. The lowest BCUT2D eigenvalue weighted by Gasteiger charge is -2.06. The van der Waals surface area contributed by atoms with Gasteiger partial charge in [-0.25, -0.2) is 4.79 Å². The highest BCUT2D eigenvalue weighted by atomic mass is 16.6. The molecule has 18 heavy (non-hydrogen) atoms. The average Bonchev–Trinajstić information content (AvgIpc) is 2.37. The third kappa shape index (κ3) is 4.82. The molecule has 1 amide bonds. The second kappa shape index (κ2) is 7.26. The fraction of sp³-hybridized carbons (Fsp3) is 0.417. The second-order valence-corrected chi connectivity index (χ2v) is 3.78. The number of nitrogens with one attached hydrogen (secondary N) is 1. The second-order valence-electron chi connectivity index (χ2n) is 3.78. The number of ether oxygens (including phenoxy) is 1. The lowest BCUT2D eigenvalue weighted by molar-refractivity contribution is -0.384. The van der Waals surface area contributed by atoms with Crippen LogP contribution in [-0.2, 0) is 11.3 Å². The Hall–Kier alpha value is -2.11. The van der Waals surface area contributed by atoms with Crippen molar-refractivity contribution in [1.29, 1.82) is 0 Å². The first-order valence-electron chi connectivity index (χ1n) is 5.77. The molecular formula is C12H16N2O4. The molecule has 0 unspecified atom stereocenters. The van der Waals surface area contributed by atoms with E-state index in [2.05, 4.69) is 5.32 Å². The van der Waals surface area contributed by atoms with Crippen LogP contribution in [0.3, 0.4) is 0 Å². The van der Waals surface area contributed by atoms with Crippen LogP contribution in [0.5, 0.6) is 0 Å². The highest BCUT2D eigenvalue weighted by molar-refractivity contribution is 5.67. The van der Waals surface area contributed by atoms with Crippen molar-refractivity contribution in [3.63, 3.8) is 0 Å². The van der Waals surface area contributed by atoms with Crippen LogP contribution in [-0.4, -0.2) is 17.6 Å². The van der Waals surface area contributed by atoms with Crippen molar-refractivity contribution in [1.82, 2.24) is 5.32 Å². The Bertz CT molecular complexity index is 403. The van der Waals surface area contributed by atoms with Gasteiger partial charge in [0.1, 0.15) is 6.61 Å². The van der Waals surface area contributed by atoms with Gasteiger partial charge in [0.2, 0.25) is 0 Å². The summed E-state index contributed by atoms with van der Waals surface area (Å²) in [6.45, 7) is 2.73. The number of hydrogen-bond acceptors (Lipinski definition) is 4. The summed E-state index contributed by atoms with van der Waals surface area (Å²) < 4.78 is 4.96. The maximum Gasteiger partial charge on any atom is 0.407 e. The van der Waals surface area contributed by atoms with E-state index in [0.29, 0.717) is 12.1 Å². The topological polar surface area (TPSA) is 81.5 Å². The maximum absolute atomic E-state index is 11.2. The number of unbranched alkanes of at least 4 members (excludes halogenated alkanes) is 1. The molecule has 6 nitrogen and oxygen atoms in total. The maximum atomic E-state index is 11.2. The van der Waals surface area contributed by atoms with E-state index in [1.807, 2.05) is 6.92 Å². The number of carbonyl (C=O) groups is 1. The highest BCUT2D eigenvalue weighted by Crippen LogP contribution is 2.12. The molecule has 1 N–H and O–H groups in total. The summed E-state index contributed by atoms with van der Waals surface area (Å²) in [6.07, 6.45) is 1.44. The van der Waals surface area contributed by atoms with Crippen molar-refractivity contribution in [3.05, 3.63) is 39.9 Å². The first-order valence-corrected chi connectivity index (χ1v) is 5.77. The summed E-state index contributed by atoms with van der Waals surface area (Å²) >= 11 is 0. The molecule has 1 rings (SSSR count). The van der Waals surface area contributed by atoms with Crippen LogP contribution in [0.1, 0.15) is 25.3 Å². The van der Waals surface area contributed by atoms with Gasteiger partial charge in [0.15, 0.2) is 0 Å². The summed E-state index contributed by atoms with van der Waals surface area (Å²) in [5.74, 6) is 0. The molecular weight excluding hydrogens is 236 g/mol. The predicted octanol–water partition coefficient (Wildman–Crippen LogP) is 2.62. The molecule has 0 saturated carbocycles. The van der Waals surface area contributed by atoms with E-state index in [1.54, 1.807) is 12.1 Å². The molecule has 0 heterocycles. The van der Waals surface area contributed by atoms with E-state index >= 15 is 0 Å². The van der Waals surface area contributed by atoms with Crippen LogP contribution in [0.25, 0.3) is 0 Å². The molecule has 0 bridgehead atoms. The van der Waals surface area contributed by atoms with Crippen LogP contribution in [0.15, 0.2) is 24.3 Å². The minimum Gasteiger partial charge on any atom is -0.445 e. The van der Waals surface area contributed by atoms with E-state index in [1.165, 1.54) is 12.1 Å². The molecule has 0 radical (unpaired) electrons. The number of nitro groups is 1. The quantitative estimate of drug-likeness (QED) is 0.479. The zero-order chi connectivity index (χ0) is 13.4. The fourth-order valence-electron chi connectivity index (χ4n) is 1.28. The van der Waals surface area contributed by atoms with Gasteiger partial charge in [0, 0.05) is 18.7 Å². The number of non-ortho nitro benzene ring substituents is 1. The molecule has 0 aliphatic rings. The number of hydrogen-bond donors (Lipinski definition) is 1. The summed E-state index contributed by atoms with van der Waals surface area (Å²) in [6, 6.07) is 5.90. The van der Waals surface area contributed by atoms with E-state index < -0.39 is 11.0 Å². The molecule has 0 saturated heterocycles. The van der Waals surface area contributed by atoms with E-state index in [9.17, 15) is 14.9 Å². The van der Waals surface area contributed by atoms with Gasteiger partial charge in [-0.1, -0.05) is 13.3 Å². The number of nitro benzene ring substituents is 1. The van der Waals surface area contributed by atoms with Crippen LogP contribution in [0.2, 0.25) is 0 Å². The minimum absolute atomic E-state index is 0.0196. The SMILES string of the molecule is CCCCNC(=O)OCc1ccc([N+](=O)[O-])cc1. The molecule has 6 heteroatoms. The third-order valence-electron chi connectivity index (χ3n) is 2.32. The monoisotopic (exact) mass is 252 g/mol. The van der Waals surface area contributed by atoms with E-state index in [4.69, 9.17) is 4.74 Å². The molecule has 1 aromatic carbocycles. The largest absolute Gasteiger partial charge is 0.445 e. The third-order valence-corrected chi connectivity index (χ3v) is 2.32. The average molecular weight is 252 g/mol. The van der Waals surface area contributed by atoms with Gasteiger partial charge in [-0.15, -0.1) is 0 Å². The number of amides is 1. The van der Waals surface area contributed by atoms with Crippen LogP contribution < -0.4 is 5.32 Å². The van der Waals surface area contributed by atoms with Gasteiger partial charge in [-0.05, 0) is 24.1 Å². The van der Waals surface area contributed by atoms with Crippen molar-refractivity contribution >= 4 is 11.8 Å². The first-order chi connectivity index (χ1) is 8.63. The van der Waals surface area contributed by atoms with Crippen molar-refractivity contribution in [3.8, 4) is 0 Å². The smallest absolute Gasteiger partial charge is 0.407 e. The Morgan fingerprint density at radius 2 is 2.06 bits per heavy atom. The zero-order valence-corrected chi connectivity index (χ0v) is 10.2. The standard InChI is InChI=1S/C12H16N2O4/c1-2-3-8-13-12(15)18-9-10-4-6-11(7-5-10)14(16)17/h4-7H,2-3,8-9H2,1H3,(H,13,15). The van der Waals surface area contributed by atoms with Crippen LogP contribution in [0, 0.1) is 10.1 Å². The Labute approximate surface area is 105 Å². The number of carbonyl (C=O) groups excluding carboxylic acids is 1. The van der Waals surface area contributed by atoms with Gasteiger partial charge in [-0.2, -0.15) is 0 Å². The first kappa shape index (κ1) is 14.0. The van der Waals surface area contributed by atoms with Crippen molar-refractivity contribution in [2.45, 2.75) is 26.4 Å². The number of rotatable bonds is 6. The Balaban J connectivity index is 2.34. The molecule has 0 aliphatic carbocycles. The molecule has 0 aliphatic heterocycles. The summed E-state index contributed by atoms with van der Waals surface area (Å²) in [5.41, 5.74) is 0.734. The Morgan fingerprint density at radius 3 is 2.61 bits per heavy atom. The molecule has 0 fully saturated rings. The van der Waals surface area contributed by atoms with E-state index in [-0.39, 0.29) is 12.3 Å². The van der Waals surface area contributed by atoms with Crippen molar-refractivity contribution in [2.24, 2.45) is 0 Å². The van der Waals surface area contributed by atoms with Crippen LogP contribution >= 0.6 is 0 Å². The van der Waals surface area contributed by atoms with Crippen molar-refractivity contribution < 1.29 is 14.5 Å². The summed E-state index contributed by atoms with van der Waals surface area (Å²) in [5, 5.41) is 13.0. The minimum atomic E-state index is -0.471. The summed E-state index contributed by atoms with van der Waals surface area (Å²) in [4.78, 5) is 21.2. The highest BCUT2D eigenvalue weighted by Gasteiger charge is 2.05. The lowest BCUT2D eigenvalue weighted by Crippen LogP contribution is -2.25. The Morgan fingerprint density at radius 1 is 1.39 bits per heavy atom. The number of benzene rings is 1. The van der Waals surface area contributed by atoms with Crippen LogP contribution in [0.4, 0.5) is 10.5 Å². The van der Waals surface area contributed by atoms with Gasteiger partial charge in [0.05, 0.1) is 4.92 Å². The molecule has 0 spiro atoms. The van der Waals surface area contributed by atoms with Gasteiger partial charge >= 0.3 is 6.09 Å². The fourth-order valence-corrected chi connectivity index (χ4v) is 1.28. The van der Waals surface area contributed by atoms with Crippen molar-refractivity contribution in [2.75, 3.05) is 6.54 Å². The molecule has 0 aromatic heterocycles. The van der Waals surface area contributed by atoms with E-state index in [0.717, 1.165) is 12.8 Å². The van der Waals surface area contributed by atoms with Gasteiger partial charge < -0.3 is 10.1 Å². The zero-order valence-electron chi connectivity index (χ0n) is 10.2. The predicted molar refractivity (Wildman–Crippen MR) is 66.2 cm³/mol. The molecule has 0 atom stereocenters. The Kier molecular flexibility index (Phi) is 5.63. The molecule has 1 aromatic rings. The summed E-state index contributed by atoms with van der Waals surface area (Å²) in [7, 11) is 0. The number of alkyl carbamates (subject to hydrolysis) is 1. The molecule has 98 valence electrons. The van der Waals surface area contributed by atoms with Gasteiger partial charge in [0.25, 0.3) is 5.69 Å².